The third kappa shape index (κ3) is 6.62. The van der Waals surface area contributed by atoms with Gasteiger partial charge in [-0.1, -0.05) is 30.3 Å². The summed E-state index contributed by atoms with van der Waals surface area (Å²) in [6.07, 6.45) is 3.87. The minimum absolute atomic E-state index is 1.24. The zero-order chi connectivity index (χ0) is 12.7. The number of halogens is 1. The van der Waals surface area contributed by atoms with Gasteiger partial charge in [0.05, 0.1) is 0 Å². The molecule has 2 aromatic rings. The first-order valence-electron chi connectivity index (χ1n) is 4.60. The number of pyridine rings is 1. The molecule has 6 heteroatoms. The Balaban J connectivity index is 0.000000249. The van der Waals surface area contributed by atoms with Crippen molar-refractivity contribution in [2.45, 2.75) is 0 Å². The van der Waals surface area contributed by atoms with Crippen LogP contribution in [-0.2, 0) is 0 Å². The fourth-order valence-electron chi connectivity index (χ4n) is 1.21. The van der Waals surface area contributed by atoms with Crippen molar-refractivity contribution in [3.63, 3.8) is 0 Å². The fourth-order valence-corrected chi connectivity index (χ4v) is 1.21. The summed E-state index contributed by atoms with van der Waals surface area (Å²) in [5, 5.41) is 0. The van der Waals surface area contributed by atoms with Gasteiger partial charge in [0.15, 0.2) is 12.4 Å². The lowest BCUT2D eigenvalue weighted by Gasteiger charge is -2.17. The molecule has 0 fully saturated rings. The number of rotatable bonds is 1. The summed E-state index contributed by atoms with van der Waals surface area (Å²) < 4.78 is 34.0. The quantitative estimate of drug-likeness (QED) is 0.557. The first kappa shape index (κ1) is 13.6. The molecule has 0 saturated heterocycles. The Bertz CT molecular complexity index is 387. The number of aromatic amines is 1. The van der Waals surface area contributed by atoms with Crippen molar-refractivity contribution in [1.82, 2.24) is 0 Å². The summed E-state index contributed by atoms with van der Waals surface area (Å²) in [5.41, 5.74) is 2.50. The maximum Gasteiger partial charge on any atom is 0.167 e. The molecule has 0 aliphatic rings. The molecule has 0 atom stereocenters. The van der Waals surface area contributed by atoms with Crippen LogP contribution in [0.3, 0.4) is 0 Å². The summed E-state index contributed by atoms with van der Waals surface area (Å²) in [4.78, 5) is 3.00. The number of hydrogen-bond donors (Lipinski definition) is 0. The van der Waals surface area contributed by atoms with Crippen LogP contribution in [0.25, 0.3) is 11.1 Å². The Morgan fingerprint density at radius 3 is 1.59 bits per heavy atom. The first-order valence-corrected chi connectivity index (χ1v) is 5.83. The monoisotopic (exact) mass is 255 g/mol. The van der Waals surface area contributed by atoms with Gasteiger partial charge >= 0.3 is 0 Å². The van der Waals surface area contributed by atoms with Crippen molar-refractivity contribution in [2.75, 3.05) is 0 Å². The van der Waals surface area contributed by atoms with E-state index in [9.17, 15) is 0 Å². The maximum atomic E-state index is 8.49. The van der Waals surface area contributed by atoms with E-state index in [-0.39, 0.29) is 0 Å². The molecule has 1 heterocycles. The van der Waals surface area contributed by atoms with Crippen LogP contribution in [0.4, 0.5) is 0 Å². The van der Waals surface area contributed by atoms with E-state index in [0.29, 0.717) is 0 Å². The van der Waals surface area contributed by atoms with E-state index in [1.165, 1.54) is 11.1 Å². The van der Waals surface area contributed by atoms with Crippen LogP contribution in [0, 0.1) is 10.2 Å². The van der Waals surface area contributed by atoms with E-state index in [1.807, 2.05) is 30.6 Å². The largest absolute Gasteiger partial charge is 0.222 e. The molecule has 0 bridgehead atoms. The highest BCUT2D eigenvalue weighted by molar-refractivity contribution is 5.61. The summed E-state index contributed by atoms with van der Waals surface area (Å²) in [6, 6.07) is 14.5. The summed E-state index contributed by atoms with van der Waals surface area (Å²) in [7, 11) is -4.94. The van der Waals surface area contributed by atoms with Gasteiger partial charge < -0.3 is 0 Å². The van der Waals surface area contributed by atoms with Crippen molar-refractivity contribution in [3.05, 3.63) is 54.9 Å². The molecule has 2 rings (SSSR count). The molecule has 1 aromatic carbocycles. The molecular formula is C11H10ClNO4. The zero-order valence-electron chi connectivity index (χ0n) is 8.71. The molecule has 0 amide bonds. The van der Waals surface area contributed by atoms with Crippen molar-refractivity contribution < 1.29 is 33.9 Å². The topological polar surface area (TPSA) is 106 Å². The Morgan fingerprint density at radius 2 is 1.12 bits per heavy atom. The molecule has 0 aliphatic heterocycles. The lowest BCUT2D eigenvalue weighted by Crippen LogP contribution is -2.68. The van der Waals surface area contributed by atoms with Crippen LogP contribution in [0.5, 0.6) is 0 Å². The lowest BCUT2D eigenvalue weighted by molar-refractivity contribution is -2.00. The van der Waals surface area contributed by atoms with Gasteiger partial charge in [0.2, 0.25) is 0 Å². The van der Waals surface area contributed by atoms with Gasteiger partial charge in [0, 0.05) is 12.1 Å². The minimum atomic E-state index is -4.94. The van der Waals surface area contributed by atoms with Crippen molar-refractivity contribution in [2.24, 2.45) is 0 Å². The maximum absolute atomic E-state index is 8.49. The van der Waals surface area contributed by atoms with Crippen LogP contribution in [0.1, 0.15) is 0 Å². The Labute approximate surface area is 100 Å². The van der Waals surface area contributed by atoms with Gasteiger partial charge in [0.25, 0.3) is 0 Å². The van der Waals surface area contributed by atoms with Crippen LogP contribution >= 0.6 is 0 Å². The van der Waals surface area contributed by atoms with Gasteiger partial charge in [-0.25, -0.2) is 23.6 Å². The minimum Gasteiger partial charge on any atom is -0.222 e. The third-order valence-corrected chi connectivity index (χ3v) is 1.83. The highest BCUT2D eigenvalue weighted by Crippen LogP contribution is 2.15. The second-order valence-corrected chi connectivity index (χ2v) is 3.79. The molecule has 5 nitrogen and oxygen atoms in total. The molecule has 17 heavy (non-hydrogen) atoms. The Morgan fingerprint density at radius 1 is 0.706 bits per heavy atom. The van der Waals surface area contributed by atoms with Gasteiger partial charge in [0.1, 0.15) is 0 Å². The second-order valence-electron chi connectivity index (χ2n) is 3.03. The van der Waals surface area contributed by atoms with Crippen LogP contribution < -0.4 is 23.6 Å². The Kier molecular flexibility index (Phi) is 5.02. The van der Waals surface area contributed by atoms with E-state index in [4.69, 9.17) is 18.6 Å². The summed E-state index contributed by atoms with van der Waals surface area (Å²) in [6.45, 7) is 0. The summed E-state index contributed by atoms with van der Waals surface area (Å²) in [5.74, 6) is 0. The third-order valence-electron chi connectivity index (χ3n) is 1.83. The van der Waals surface area contributed by atoms with E-state index in [0.717, 1.165) is 0 Å². The summed E-state index contributed by atoms with van der Waals surface area (Å²) >= 11 is 0. The van der Waals surface area contributed by atoms with E-state index < -0.39 is 10.2 Å². The smallest absolute Gasteiger partial charge is 0.167 e. The second kappa shape index (κ2) is 6.29. The normalized spacial score (nSPS) is 10.4. The molecule has 0 unspecified atom stereocenters. The first-order chi connectivity index (χ1) is 7.97. The molecule has 0 radical (unpaired) electrons. The van der Waals surface area contributed by atoms with E-state index >= 15 is 0 Å². The number of H-pyrrole nitrogens is 1. The van der Waals surface area contributed by atoms with Crippen LogP contribution in [-0.4, -0.2) is 0 Å². The van der Waals surface area contributed by atoms with Crippen LogP contribution in [0.2, 0.25) is 0 Å². The molecule has 1 N–H and O–H groups in total. The van der Waals surface area contributed by atoms with Crippen molar-refractivity contribution in [3.8, 4) is 11.1 Å². The van der Waals surface area contributed by atoms with E-state index in [1.54, 1.807) is 0 Å². The predicted octanol–water partition coefficient (Wildman–Crippen LogP) is -2.59. The zero-order valence-corrected chi connectivity index (χ0v) is 9.46. The van der Waals surface area contributed by atoms with E-state index in [2.05, 4.69) is 29.2 Å². The molecule has 1 aromatic heterocycles. The van der Waals surface area contributed by atoms with Crippen LogP contribution in [0.15, 0.2) is 54.9 Å². The van der Waals surface area contributed by atoms with Gasteiger partial charge in [-0.2, -0.15) is 0 Å². The molecule has 90 valence electrons. The lowest BCUT2D eigenvalue weighted by atomic mass is 10.1. The number of benzene rings is 1. The standard InChI is InChI=1S/C11H9N.ClHO4/c1-2-4-10(5-3-1)11-6-8-12-9-7-11;2-1(3,4)5/h1-9H;(H,2,3,4,5). The molecule has 0 saturated carbocycles. The average molecular weight is 256 g/mol. The highest BCUT2D eigenvalue weighted by atomic mass is 35.7. The number of aromatic nitrogens is 1. The van der Waals surface area contributed by atoms with Crippen molar-refractivity contribution in [1.29, 1.82) is 0 Å². The van der Waals surface area contributed by atoms with Gasteiger partial charge in [-0.15, -0.1) is 10.2 Å². The molecule has 0 aliphatic carbocycles. The van der Waals surface area contributed by atoms with Crippen molar-refractivity contribution >= 4 is 0 Å². The number of hydrogen-bond acceptors (Lipinski definition) is 4. The Hall–Kier alpha value is -1.50. The van der Waals surface area contributed by atoms with Gasteiger partial charge in [-0.05, 0) is 11.1 Å². The molecular weight excluding hydrogens is 246 g/mol. The number of nitrogens with one attached hydrogen (secondary N) is 1. The van der Waals surface area contributed by atoms with Gasteiger partial charge in [-0.3, -0.25) is 0 Å². The molecule has 0 spiro atoms. The highest BCUT2D eigenvalue weighted by Gasteiger charge is 1.94. The predicted molar refractivity (Wildman–Crippen MR) is 48.4 cm³/mol. The SMILES string of the molecule is [O-][Cl+3]([O-])([O-])[O-].c1ccc(-c2cc[nH+]cc2)cc1. The average Bonchev–Trinajstić information content (AvgIpc) is 2.29. The fraction of sp³-hybridized carbons (Fsp3) is 0.